The minimum Gasteiger partial charge on any atom is -0.488 e. The molecule has 6 nitrogen and oxygen atoms in total. The molecule has 7 heteroatoms. The molecule has 0 fully saturated rings. The number of nitrogens with one attached hydrogen (secondary N) is 1. The molecule has 1 atom stereocenters. The van der Waals surface area contributed by atoms with E-state index < -0.39 is 0 Å². The predicted molar refractivity (Wildman–Crippen MR) is 123 cm³/mol. The van der Waals surface area contributed by atoms with E-state index in [9.17, 15) is 10.1 Å². The van der Waals surface area contributed by atoms with Gasteiger partial charge in [0, 0.05) is 28.9 Å². The number of nitriles is 1. The molecule has 2 aromatic heterocycles. The van der Waals surface area contributed by atoms with E-state index in [0.717, 1.165) is 21.8 Å². The lowest BCUT2D eigenvalue weighted by Gasteiger charge is -2.12. The van der Waals surface area contributed by atoms with Crippen molar-refractivity contribution in [3.05, 3.63) is 100 Å². The highest BCUT2D eigenvalue weighted by Crippen LogP contribution is 2.25. The number of carbonyl (C=O) groups is 1. The summed E-state index contributed by atoms with van der Waals surface area (Å²) in [5.41, 5.74) is 3.71. The number of rotatable bonds is 7. The van der Waals surface area contributed by atoms with Crippen molar-refractivity contribution < 1.29 is 9.53 Å². The Bertz CT molecular complexity index is 1260. The number of thiazole rings is 1. The molecular formula is C25H20N4O2S. The fraction of sp³-hybridized carbons (Fsp3) is 0.120. The lowest BCUT2D eigenvalue weighted by Crippen LogP contribution is -2.26. The van der Waals surface area contributed by atoms with Gasteiger partial charge in [0.15, 0.2) is 0 Å². The second-order valence-corrected chi connectivity index (χ2v) is 7.99. The number of benzene rings is 2. The van der Waals surface area contributed by atoms with Crippen molar-refractivity contribution in [3.63, 3.8) is 0 Å². The van der Waals surface area contributed by atoms with Crippen LogP contribution in [-0.4, -0.2) is 15.9 Å². The Balaban J connectivity index is 1.40. The van der Waals surface area contributed by atoms with Crippen LogP contribution < -0.4 is 10.1 Å². The first-order chi connectivity index (χ1) is 15.6. The van der Waals surface area contributed by atoms with Crippen molar-refractivity contribution in [2.45, 2.75) is 19.6 Å². The van der Waals surface area contributed by atoms with Crippen LogP contribution in [0.2, 0.25) is 0 Å². The van der Waals surface area contributed by atoms with Gasteiger partial charge in [-0.25, -0.2) is 4.98 Å². The fourth-order valence-corrected chi connectivity index (χ4v) is 3.97. The quantitative estimate of drug-likeness (QED) is 0.430. The smallest absolute Gasteiger partial charge is 0.251 e. The zero-order valence-corrected chi connectivity index (χ0v) is 18.2. The fourth-order valence-electron chi connectivity index (χ4n) is 3.13. The van der Waals surface area contributed by atoms with Crippen LogP contribution in [0.5, 0.6) is 5.75 Å². The van der Waals surface area contributed by atoms with E-state index in [1.165, 1.54) is 11.3 Å². The third-order valence-electron chi connectivity index (χ3n) is 4.81. The Morgan fingerprint density at radius 2 is 1.97 bits per heavy atom. The number of carbonyl (C=O) groups excluding carboxylic acids is 1. The van der Waals surface area contributed by atoms with E-state index >= 15 is 0 Å². The number of hydrogen-bond acceptors (Lipinski definition) is 6. The van der Waals surface area contributed by atoms with Crippen molar-refractivity contribution in [1.82, 2.24) is 15.3 Å². The molecule has 1 unspecified atom stereocenters. The standard InChI is InChI=1S/C25H20N4O2S/c1-17(25-29-22(16-32-25)19-9-11-27-12-10-19)28-24(30)20-7-4-5-18(13-20)15-31-23-8-3-2-6-21(23)14-26/h2-13,16-17H,15H2,1H3,(H,28,30). The van der Waals surface area contributed by atoms with Gasteiger partial charge < -0.3 is 10.1 Å². The van der Waals surface area contributed by atoms with Crippen LogP contribution >= 0.6 is 11.3 Å². The summed E-state index contributed by atoms with van der Waals surface area (Å²) in [5, 5.41) is 15.0. The summed E-state index contributed by atoms with van der Waals surface area (Å²) in [6, 6.07) is 20.0. The molecule has 2 heterocycles. The largest absolute Gasteiger partial charge is 0.488 e. The summed E-state index contributed by atoms with van der Waals surface area (Å²) in [6.45, 7) is 2.18. The second-order valence-electron chi connectivity index (χ2n) is 7.10. The lowest BCUT2D eigenvalue weighted by atomic mass is 10.1. The average molecular weight is 441 g/mol. The van der Waals surface area contributed by atoms with Gasteiger partial charge in [-0.3, -0.25) is 9.78 Å². The minimum absolute atomic E-state index is 0.183. The molecule has 0 saturated heterocycles. The maximum atomic E-state index is 12.8. The minimum atomic E-state index is -0.231. The molecule has 0 radical (unpaired) electrons. The van der Waals surface area contributed by atoms with Gasteiger partial charge in [0.25, 0.3) is 5.91 Å². The molecule has 1 N–H and O–H groups in total. The summed E-state index contributed by atoms with van der Waals surface area (Å²) >= 11 is 1.51. The van der Waals surface area contributed by atoms with Gasteiger partial charge in [0.05, 0.1) is 17.3 Å². The molecule has 158 valence electrons. The molecule has 0 aliphatic heterocycles. The summed E-state index contributed by atoms with van der Waals surface area (Å²) in [5.74, 6) is 0.338. The number of nitrogens with zero attached hydrogens (tertiary/aromatic N) is 3. The summed E-state index contributed by atoms with van der Waals surface area (Å²) in [7, 11) is 0. The van der Waals surface area contributed by atoms with Gasteiger partial charge >= 0.3 is 0 Å². The van der Waals surface area contributed by atoms with E-state index in [0.29, 0.717) is 16.9 Å². The number of ether oxygens (including phenoxy) is 1. The topological polar surface area (TPSA) is 87.9 Å². The van der Waals surface area contributed by atoms with Crippen molar-refractivity contribution >= 4 is 17.2 Å². The Morgan fingerprint density at radius 3 is 2.78 bits per heavy atom. The first-order valence-corrected chi connectivity index (χ1v) is 10.9. The monoisotopic (exact) mass is 440 g/mol. The molecule has 1 amide bonds. The Labute approximate surface area is 190 Å². The normalized spacial score (nSPS) is 11.4. The van der Waals surface area contributed by atoms with Crippen LogP contribution in [0, 0.1) is 11.3 Å². The second kappa shape index (κ2) is 9.86. The third kappa shape index (κ3) is 4.99. The predicted octanol–water partition coefficient (Wildman–Crippen LogP) is 5.15. The van der Waals surface area contributed by atoms with Gasteiger partial charge in [0.1, 0.15) is 23.4 Å². The van der Waals surface area contributed by atoms with Gasteiger partial charge in [-0.1, -0.05) is 24.3 Å². The van der Waals surface area contributed by atoms with Crippen LogP contribution in [-0.2, 0) is 6.61 Å². The van der Waals surface area contributed by atoms with Crippen molar-refractivity contribution in [1.29, 1.82) is 5.26 Å². The number of pyridine rings is 1. The lowest BCUT2D eigenvalue weighted by molar-refractivity contribution is 0.0939. The highest BCUT2D eigenvalue weighted by atomic mass is 32.1. The first kappa shape index (κ1) is 21.2. The molecule has 0 bridgehead atoms. The maximum Gasteiger partial charge on any atom is 0.251 e. The van der Waals surface area contributed by atoms with Gasteiger partial charge in [-0.15, -0.1) is 11.3 Å². The summed E-state index contributed by atoms with van der Waals surface area (Å²) in [4.78, 5) is 21.5. The SMILES string of the molecule is CC(NC(=O)c1cccc(COc2ccccc2C#N)c1)c1nc(-c2ccncc2)cs1. The molecule has 0 aliphatic rings. The highest BCUT2D eigenvalue weighted by molar-refractivity contribution is 7.10. The molecule has 0 aliphatic carbocycles. The van der Waals surface area contributed by atoms with E-state index in [4.69, 9.17) is 4.74 Å². The van der Waals surface area contributed by atoms with Crippen LogP contribution in [0.4, 0.5) is 0 Å². The zero-order chi connectivity index (χ0) is 22.3. The summed E-state index contributed by atoms with van der Waals surface area (Å²) < 4.78 is 5.78. The number of hydrogen-bond donors (Lipinski definition) is 1. The number of para-hydroxylation sites is 1. The average Bonchev–Trinajstić information content (AvgIpc) is 3.34. The Morgan fingerprint density at radius 1 is 1.16 bits per heavy atom. The molecule has 4 aromatic rings. The molecule has 4 rings (SSSR count). The maximum absolute atomic E-state index is 12.8. The molecular weight excluding hydrogens is 420 g/mol. The Kier molecular flexibility index (Phi) is 6.54. The van der Waals surface area contributed by atoms with Crippen molar-refractivity contribution in [3.8, 4) is 23.1 Å². The molecule has 32 heavy (non-hydrogen) atoms. The van der Waals surface area contributed by atoms with Gasteiger partial charge in [-0.2, -0.15) is 5.26 Å². The van der Waals surface area contributed by atoms with E-state index in [2.05, 4.69) is 21.4 Å². The molecule has 0 spiro atoms. The number of aromatic nitrogens is 2. The Hall–Kier alpha value is -4.02. The molecule has 2 aromatic carbocycles. The van der Waals surface area contributed by atoms with Crippen LogP contribution in [0.3, 0.4) is 0 Å². The van der Waals surface area contributed by atoms with E-state index in [1.807, 2.05) is 42.6 Å². The first-order valence-electron chi connectivity index (χ1n) is 10.0. The number of amides is 1. The summed E-state index contributed by atoms with van der Waals surface area (Å²) in [6.07, 6.45) is 3.46. The van der Waals surface area contributed by atoms with Crippen LogP contribution in [0.1, 0.15) is 39.5 Å². The zero-order valence-electron chi connectivity index (χ0n) is 17.4. The van der Waals surface area contributed by atoms with Crippen molar-refractivity contribution in [2.75, 3.05) is 0 Å². The third-order valence-corrected chi connectivity index (χ3v) is 5.83. The van der Waals surface area contributed by atoms with Gasteiger partial charge in [0.2, 0.25) is 0 Å². The van der Waals surface area contributed by atoms with E-state index in [-0.39, 0.29) is 18.6 Å². The molecule has 0 saturated carbocycles. The van der Waals surface area contributed by atoms with E-state index in [1.54, 1.807) is 42.7 Å². The van der Waals surface area contributed by atoms with Crippen LogP contribution in [0.25, 0.3) is 11.3 Å². The highest BCUT2D eigenvalue weighted by Gasteiger charge is 2.16. The van der Waals surface area contributed by atoms with Crippen molar-refractivity contribution in [2.24, 2.45) is 0 Å². The van der Waals surface area contributed by atoms with Crippen LogP contribution in [0.15, 0.2) is 78.4 Å². The van der Waals surface area contributed by atoms with Gasteiger partial charge in [-0.05, 0) is 48.9 Å².